The Balaban J connectivity index is 1.91. The molecule has 3 aromatic rings. The van der Waals surface area contributed by atoms with Crippen molar-refractivity contribution in [3.8, 4) is 17.3 Å². The van der Waals surface area contributed by atoms with Crippen molar-refractivity contribution in [3.05, 3.63) is 47.2 Å². The summed E-state index contributed by atoms with van der Waals surface area (Å²) in [5.74, 6) is 1.20. The van der Waals surface area contributed by atoms with Crippen molar-refractivity contribution >= 4 is 5.91 Å². The fourth-order valence-corrected chi connectivity index (χ4v) is 3.10. The number of benzene rings is 1. The summed E-state index contributed by atoms with van der Waals surface area (Å²) in [6.07, 6.45) is 1.72. The van der Waals surface area contributed by atoms with E-state index in [9.17, 15) is 4.79 Å². The van der Waals surface area contributed by atoms with Crippen LogP contribution in [0.5, 0.6) is 0 Å². The van der Waals surface area contributed by atoms with Crippen LogP contribution < -0.4 is 0 Å². The summed E-state index contributed by atoms with van der Waals surface area (Å²) in [6.45, 7) is 6.38. The SMILES string of the molecule is Cc1cccc2c1C(=O)N(C)Cc1c(-c3nc(C(C)C)no3)ncn1-2. The Kier molecular flexibility index (Phi) is 3.45. The van der Waals surface area contributed by atoms with Gasteiger partial charge in [0.2, 0.25) is 0 Å². The van der Waals surface area contributed by atoms with E-state index in [2.05, 4.69) is 15.1 Å². The molecule has 3 heterocycles. The first kappa shape index (κ1) is 15.6. The highest BCUT2D eigenvalue weighted by Gasteiger charge is 2.29. The molecule has 7 heteroatoms. The molecule has 2 aromatic heterocycles. The summed E-state index contributed by atoms with van der Waals surface area (Å²) in [4.78, 5) is 23.4. The van der Waals surface area contributed by atoms with E-state index in [0.717, 1.165) is 16.9 Å². The molecule has 1 amide bonds. The summed E-state index contributed by atoms with van der Waals surface area (Å²) in [5, 5.41) is 4.02. The van der Waals surface area contributed by atoms with Crippen LogP contribution >= 0.6 is 0 Å². The van der Waals surface area contributed by atoms with Gasteiger partial charge in [-0.05, 0) is 18.6 Å². The number of nitrogens with zero attached hydrogens (tertiary/aromatic N) is 5. The van der Waals surface area contributed by atoms with Crippen molar-refractivity contribution in [1.82, 2.24) is 24.6 Å². The monoisotopic (exact) mass is 337 g/mol. The van der Waals surface area contributed by atoms with Gasteiger partial charge in [-0.3, -0.25) is 9.36 Å². The number of amides is 1. The lowest BCUT2D eigenvalue weighted by Gasteiger charge is -2.15. The molecule has 7 nitrogen and oxygen atoms in total. The van der Waals surface area contributed by atoms with Crippen molar-refractivity contribution in [2.45, 2.75) is 33.2 Å². The average Bonchev–Trinajstić information content (AvgIpc) is 3.18. The number of hydrogen-bond acceptors (Lipinski definition) is 5. The van der Waals surface area contributed by atoms with Gasteiger partial charge in [0.25, 0.3) is 11.8 Å². The molecule has 0 N–H and O–H groups in total. The molecule has 0 unspecified atom stereocenters. The standard InChI is InChI=1S/C18H19N5O2/c1-10(2)16-20-17(25-21-16)15-13-8-22(4)18(24)14-11(3)6-5-7-12(14)23(13)9-19-15/h5-7,9-10H,8H2,1-4H3. The Labute approximate surface area is 145 Å². The van der Waals surface area contributed by atoms with Crippen LogP contribution in [0.15, 0.2) is 29.0 Å². The van der Waals surface area contributed by atoms with Gasteiger partial charge in [0, 0.05) is 13.0 Å². The Morgan fingerprint density at radius 3 is 2.80 bits per heavy atom. The number of imidazole rings is 1. The first-order chi connectivity index (χ1) is 12.0. The number of carbonyl (C=O) groups is 1. The van der Waals surface area contributed by atoms with Gasteiger partial charge in [0.15, 0.2) is 11.5 Å². The van der Waals surface area contributed by atoms with Crippen LogP contribution in [0.25, 0.3) is 17.3 Å². The quantitative estimate of drug-likeness (QED) is 0.718. The van der Waals surface area contributed by atoms with E-state index >= 15 is 0 Å². The maximum atomic E-state index is 12.8. The molecule has 4 rings (SSSR count). The molecule has 25 heavy (non-hydrogen) atoms. The molecule has 0 atom stereocenters. The molecule has 0 saturated heterocycles. The Morgan fingerprint density at radius 1 is 1.28 bits per heavy atom. The molecular weight excluding hydrogens is 318 g/mol. The third-order valence-electron chi connectivity index (χ3n) is 4.48. The van der Waals surface area contributed by atoms with E-state index < -0.39 is 0 Å². The van der Waals surface area contributed by atoms with E-state index in [-0.39, 0.29) is 11.8 Å². The molecule has 0 bridgehead atoms. The molecular formula is C18H19N5O2. The molecule has 128 valence electrons. The molecule has 1 aromatic carbocycles. The molecule has 1 aliphatic rings. The summed E-state index contributed by atoms with van der Waals surface area (Å²) in [5.41, 5.74) is 3.94. The summed E-state index contributed by atoms with van der Waals surface area (Å²) < 4.78 is 7.35. The summed E-state index contributed by atoms with van der Waals surface area (Å²) in [6, 6.07) is 5.82. The fraction of sp³-hybridized carbons (Fsp3) is 0.333. The van der Waals surface area contributed by atoms with Crippen molar-refractivity contribution < 1.29 is 9.32 Å². The van der Waals surface area contributed by atoms with Crippen LogP contribution in [-0.4, -0.2) is 37.5 Å². The smallest absolute Gasteiger partial charge is 0.278 e. The van der Waals surface area contributed by atoms with Crippen LogP contribution in [-0.2, 0) is 6.54 Å². The van der Waals surface area contributed by atoms with E-state index in [1.165, 1.54) is 0 Å². The number of aryl methyl sites for hydroxylation is 1. The second-order valence-corrected chi connectivity index (χ2v) is 6.65. The van der Waals surface area contributed by atoms with Crippen molar-refractivity contribution in [3.63, 3.8) is 0 Å². The molecule has 0 saturated carbocycles. The number of aromatic nitrogens is 4. The van der Waals surface area contributed by atoms with Gasteiger partial charge >= 0.3 is 0 Å². The second kappa shape index (κ2) is 5.54. The van der Waals surface area contributed by atoms with Gasteiger partial charge in [-0.15, -0.1) is 0 Å². The van der Waals surface area contributed by atoms with Crippen molar-refractivity contribution in [1.29, 1.82) is 0 Å². The van der Waals surface area contributed by atoms with E-state index in [1.807, 2.05) is 43.5 Å². The Morgan fingerprint density at radius 2 is 2.08 bits per heavy atom. The molecule has 0 aliphatic carbocycles. The van der Waals surface area contributed by atoms with Crippen molar-refractivity contribution in [2.75, 3.05) is 7.05 Å². The lowest BCUT2D eigenvalue weighted by Crippen LogP contribution is -2.25. The average molecular weight is 337 g/mol. The molecule has 0 radical (unpaired) electrons. The second-order valence-electron chi connectivity index (χ2n) is 6.65. The van der Waals surface area contributed by atoms with Crippen LogP contribution in [0, 0.1) is 6.92 Å². The predicted octanol–water partition coefficient (Wildman–Crippen LogP) is 2.94. The van der Waals surface area contributed by atoms with Crippen molar-refractivity contribution in [2.24, 2.45) is 0 Å². The minimum Gasteiger partial charge on any atom is -0.336 e. The van der Waals surface area contributed by atoms with Gasteiger partial charge < -0.3 is 9.42 Å². The topological polar surface area (TPSA) is 77.1 Å². The normalized spacial score (nSPS) is 13.8. The molecule has 0 fully saturated rings. The molecule has 0 spiro atoms. The van der Waals surface area contributed by atoms with Crippen LogP contribution in [0.1, 0.15) is 47.2 Å². The zero-order valence-electron chi connectivity index (χ0n) is 14.6. The summed E-state index contributed by atoms with van der Waals surface area (Å²) in [7, 11) is 1.79. The highest BCUT2D eigenvalue weighted by molar-refractivity contribution is 5.99. The highest BCUT2D eigenvalue weighted by Crippen LogP contribution is 2.31. The third-order valence-corrected chi connectivity index (χ3v) is 4.48. The lowest BCUT2D eigenvalue weighted by atomic mass is 10.1. The third kappa shape index (κ3) is 2.34. The zero-order chi connectivity index (χ0) is 17.7. The van der Waals surface area contributed by atoms with Gasteiger partial charge in [0.1, 0.15) is 6.33 Å². The first-order valence-electron chi connectivity index (χ1n) is 8.23. The number of hydrogen-bond donors (Lipinski definition) is 0. The van der Waals surface area contributed by atoms with Gasteiger partial charge in [0.05, 0.1) is 23.5 Å². The minimum atomic E-state index is -0.00357. The largest absolute Gasteiger partial charge is 0.336 e. The summed E-state index contributed by atoms with van der Waals surface area (Å²) >= 11 is 0. The highest BCUT2D eigenvalue weighted by atomic mass is 16.5. The Bertz CT molecular complexity index is 970. The molecule has 1 aliphatic heterocycles. The van der Waals surface area contributed by atoms with E-state index in [4.69, 9.17) is 4.52 Å². The van der Waals surface area contributed by atoms with Crippen LogP contribution in [0.3, 0.4) is 0 Å². The maximum absolute atomic E-state index is 12.8. The number of fused-ring (bicyclic) bond motifs is 3. The van der Waals surface area contributed by atoms with Gasteiger partial charge in [-0.1, -0.05) is 31.1 Å². The van der Waals surface area contributed by atoms with Crippen LogP contribution in [0.2, 0.25) is 0 Å². The van der Waals surface area contributed by atoms with Gasteiger partial charge in [-0.25, -0.2) is 4.98 Å². The number of carbonyl (C=O) groups excluding carboxylic acids is 1. The lowest BCUT2D eigenvalue weighted by molar-refractivity contribution is 0.0787. The Hall–Kier alpha value is -2.96. The van der Waals surface area contributed by atoms with Gasteiger partial charge in [-0.2, -0.15) is 4.98 Å². The van der Waals surface area contributed by atoms with E-state index in [0.29, 0.717) is 29.5 Å². The predicted molar refractivity (Wildman–Crippen MR) is 91.5 cm³/mol. The first-order valence-corrected chi connectivity index (χ1v) is 8.23. The zero-order valence-corrected chi connectivity index (χ0v) is 14.6. The van der Waals surface area contributed by atoms with Crippen LogP contribution in [0.4, 0.5) is 0 Å². The maximum Gasteiger partial charge on any atom is 0.278 e. The fourth-order valence-electron chi connectivity index (χ4n) is 3.10. The number of rotatable bonds is 2. The minimum absolute atomic E-state index is 0.00357. The van der Waals surface area contributed by atoms with E-state index in [1.54, 1.807) is 18.3 Å².